The summed E-state index contributed by atoms with van der Waals surface area (Å²) in [5.41, 5.74) is 0. The Kier molecular flexibility index (Phi) is 2.64. The maximum absolute atomic E-state index is 12.8. The molecule has 1 N–H and O–H groups in total. The molecule has 0 aromatic rings. The normalized spacial score (nSPS) is 30.4. The molecule has 0 saturated carbocycles. The van der Waals surface area contributed by atoms with Gasteiger partial charge in [0.1, 0.15) is 6.10 Å². The van der Waals surface area contributed by atoms with E-state index in [0.717, 1.165) is 13.1 Å². The lowest BCUT2D eigenvalue weighted by Crippen LogP contribution is -2.57. The van der Waals surface area contributed by atoms with Crippen LogP contribution in [0.2, 0.25) is 0 Å². The highest BCUT2D eigenvalue weighted by atomic mass is 19.3. The molecule has 0 spiro atoms. The van der Waals surface area contributed by atoms with Crippen LogP contribution in [0.3, 0.4) is 0 Å². The third-order valence-corrected chi connectivity index (χ3v) is 2.93. The first kappa shape index (κ1) is 10.8. The van der Waals surface area contributed by atoms with Gasteiger partial charge in [-0.1, -0.05) is 0 Å². The summed E-state index contributed by atoms with van der Waals surface area (Å²) in [4.78, 5) is 12.7. The quantitative estimate of drug-likeness (QED) is 0.671. The van der Waals surface area contributed by atoms with Crippen molar-refractivity contribution < 1.29 is 18.3 Å². The van der Waals surface area contributed by atoms with E-state index in [1.807, 2.05) is 11.9 Å². The van der Waals surface area contributed by atoms with Crippen LogP contribution in [0.5, 0.6) is 0 Å². The molecule has 0 aliphatic carbocycles. The van der Waals surface area contributed by atoms with Crippen molar-refractivity contribution in [2.75, 3.05) is 26.7 Å². The largest absolute Gasteiger partial charge is 0.456 e. The van der Waals surface area contributed by atoms with E-state index in [0.29, 0.717) is 12.6 Å². The molecule has 2 saturated heterocycles. The van der Waals surface area contributed by atoms with Crippen LogP contribution in [0.15, 0.2) is 0 Å². The van der Waals surface area contributed by atoms with Crippen molar-refractivity contribution in [3.8, 4) is 0 Å². The SMILES string of the molecule is CN(CC1CC(F)(F)C(=O)O1)C1CNC1. The third-order valence-electron chi connectivity index (χ3n) is 2.93. The van der Waals surface area contributed by atoms with Crippen LogP contribution in [0, 0.1) is 0 Å². The summed E-state index contributed by atoms with van der Waals surface area (Å²) in [5, 5.41) is 3.09. The summed E-state index contributed by atoms with van der Waals surface area (Å²) >= 11 is 0. The average molecular weight is 220 g/mol. The van der Waals surface area contributed by atoms with Gasteiger partial charge < -0.3 is 10.1 Å². The summed E-state index contributed by atoms with van der Waals surface area (Å²) in [7, 11) is 1.86. The minimum atomic E-state index is -3.29. The molecule has 1 atom stereocenters. The number of nitrogens with one attached hydrogen (secondary N) is 1. The molecule has 2 fully saturated rings. The molecule has 2 aliphatic heterocycles. The number of rotatable bonds is 3. The number of alkyl halides is 2. The van der Waals surface area contributed by atoms with Crippen molar-refractivity contribution >= 4 is 5.97 Å². The van der Waals surface area contributed by atoms with E-state index in [9.17, 15) is 13.6 Å². The van der Waals surface area contributed by atoms with Gasteiger partial charge in [0, 0.05) is 25.7 Å². The number of ether oxygens (including phenoxy) is 1. The van der Waals surface area contributed by atoms with Crippen molar-refractivity contribution in [3.05, 3.63) is 0 Å². The van der Waals surface area contributed by atoms with Crippen LogP contribution in [0.4, 0.5) is 8.78 Å². The van der Waals surface area contributed by atoms with Gasteiger partial charge in [0.2, 0.25) is 0 Å². The standard InChI is InChI=1S/C9H14F2N2O2/c1-13(6-3-12-4-6)5-7-2-9(10,11)8(14)15-7/h6-7,12H,2-5H2,1H3. The van der Waals surface area contributed by atoms with E-state index in [2.05, 4.69) is 10.1 Å². The van der Waals surface area contributed by atoms with Crippen LogP contribution in [0.25, 0.3) is 0 Å². The zero-order chi connectivity index (χ0) is 11.1. The molecule has 6 heteroatoms. The highest BCUT2D eigenvalue weighted by molar-refractivity contribution is 5.79. The monoisotopic (exact) mass is 220 g/mol. The van der Waals surface area contributed by atoms with Crippen molar-refractivity contribution in [3.63, 3.8) is 0 Å². The van der Waals surface area contributed by atoms with Crippen molar-refractivity contribution in [1.29, 1.82) is 0 Å². The number of cyclic esters (lactones) is 1. The first-order chi connectivity index (χ1) is 6.99. The Morgan fingerprint density at radius 1 is 1.60 bits per heavy atom. The van der Waals surface area contributed by atoms with E-state index >= 15 is 0 Å². The molecule has 86 valence electrons. The van der Waals surface area contributed by atoms with Gasteiger partial charge in [-0.25, -0.2) is 4.79 Å². The molecule has 0 bridgehead atoms. The molecular formula is C9H14F2N2O2. The first-order valence-electron chi connectivity index (χ1n) is 4.99. The van der Waals surface area contributed by atoms with Gasteiger partial charge in [0.25, 0.3) is 0 Å². The fraction of sp³-hybridized carbons (Fsp3) is 0.889. The Labute approximate surface area is 86.6 Å². The van der Waals surface area contributed by atoms with E-state index in [-0.39, 0.29) is 0 Å². The lowest BCUT2D eigenvalue weighted by Gasteiger charge is -2.36. The maximum atomic E-state index is 12.8. The second-order valence-corrected chi connectivity index (χ2v) is 4.19. The van der Waals surface area contributed by atoms with Crippen molar-refractivity contribution in [2.45, 2.75) is 24.5 Å². The molecule has 2 rings (SSSR count). The summed E-state index contributed by atoms with van der Waals surface area (Å²) in [5.74, 6) is -4.67. The molecule has 4 nitrogen and oxygen atoms in total. The summed E-state index contributed by atoms with van der Waals surface area (Å²) < 4.78 is 30.3. The molecule has 2 heterocycles. The molecule has 0 aromatic carbocycles. The smallest absolute Gasteiger partial charge is 0.377 e. The van der Waals surface area contributed by atoms with Crippen LogP contribution in [-0.2, 0) is 9.53 Å². The molecular weight excluding hydrogens is 206 g/mol. The number of hydrogen-bond acceptors (Lipinski definition) is 4. The summed E-state index contributed by atoms with van der Waals surface area (Å²) in [6, 6.07) is 0.373. The van der Waals surface area contributed by atoms with Gasteiger partial charge >= 0.3 is 11.9 Å². The van der Waals surface area contributed by atoms with Crippen LogP contribution < -0.4 is 5.32 Å². The van der Waals surface area contributed by atoms with Gasteiger partial charge in [-0.05, 0) is 7.05 Å². The second kappa shape index (κ2) is 3.68. The van der Waals surface area contributed by atoms with Crippen molar-refractivity contribution in [1.82, 2.24) is 10.2 Å². The van der Waals surface area contributed by atoms with Crippen LogP contribution >= 0.6 is 0 Å². The zero-order valence-corrected chi connectivity index (χ0v) is 8.50. The van der Waals surface area contributed by atoms with Crippen LogP contribution in [0.1, 0.15) is 6.42 Å². The fourth-order valence-corrected chi connectivity index (χ4v) is 1.81. The Morgan fingerprint density at radius 3 is 2.67 bits per heavy atom. The predicted octanol–water partition coefficient (Wildman–Crippen LogP) is -0.159. The number of carbonyl (C=O) groups is 1. The number of hydrogen-bond donors (Lipinski definition) is 1. The summed E-state index contributed by atoms with van der Waals surface area (Å²) in [6.45, 7) is 2.12. The second-order valence-electron chi connectivity index (χ2n) is 4.19. The molecule has 2 aliphatic rings. The number of nitrogens with zero attached hydrogens (tertiary/aromatic N) is 1. The average Bonchev–Trinajstić information content (AvgIpc) is 2.20. The van der Waals surface area contributed by atoms with Gasteiger partial charge in [-0.2, -0.15) is 8.78 Å². The molecule has 0 amide bonds. The Balaban J connectivity index is 1.83. The Bertz CT molecular complexity index is 269. The van der Waals surface area contributed by atoms with E-state index < -0.39 is 24.4 Å². The van der Waals surface area contributed by atoms with E-state index in [1.54, 1.807) is 0 Å². The maximum Gasteiger partial charge on any atom is 0.377 e. The number of likely N-dealkylation sites (N-methyl/N-ethyl adjacent to an activating group) is 1. The van der Waals surface area contributed by atoms with Gasteiger partial charge in [0.15, 0.2) is 0 Å². The first-order valence-corrected chi connectivity index (χ1v) is 4.99. The molecule has 15 heavy (non-hydrogen) atoms. The molecule has 0 aromatic heterocycles. The lowest BCUT2D eigenvalue weighted by molar-refractivity contribution is -0.159. The van der Waals surface area contributed by atoms with Crippen molar-refractivity contribution in [2.24, 2.45) is 0 Å². The van der Waals surface area contributed by atoms with E-state index in [4.69, 9.17) is 0 Å². The Morgan fingerprint density at radius 2 is 2.27 bits per heavy atom. The number of carbonyl (C=O) groups excluding carboxylic acids is 1. The fourth-order valence-electron chi connectivity index (χ4n) is 1.81. The minimum absolute atomic E-state index is 0.373. The van der Waals surface area contributed by atoms with Gasteiger partial charge in [0.05, 0.1) is 6.42 Å². The highest BCUT2D eigenvalue weighted by Gasteiger charge is 2.51. The van der Waals surface area contributed by atoms with Gasteiger partial charge in [-0.15, -0.1) is 0 Å². The molecule has 0 radical (unpaired) electrons. The predicted molar refractivity (Wildman–Crippen MR) is 48.7 cm³/mol. The number of esters is 1. The topological polar surface area (TPSA) is 41.6 Å². The summed E-state index contributed by atoms with van der Waals surface area (Å²) in [6.07, 6.45) is -1.16. The zero-order valence-electron chi connectivity index (χ0n) is 8.50. The van der Waals surface area contributed by atoms with E-state index in [1.165, 1.54) is 0 Å². The van der Waals surface area contributed by atoms with Crippen LogP contribution in [-0.4, -0.2) is 55.6 Å². The highest BCUT2D eigenvalue weighted by Crippen LogP contribution is 2.31. The Hall–Kier alpha value is -0.750. The minimum Gasteiger partial charge on any atom is -0.456 e. The third kappa shape index (κ3) is 2.10. The lowest BCUT2D eigenvalue weighted by atomic mass is 10.1. The van der Waals surface area contributed by atoms with Gasteiger partial charge in [-0.3, -0.25) is 4.90 Å². The number of halogens is 2. The molecule has 1 unspecified atom stereocenters.